The number of carbonyl (C=O) groups excluding carboxylic acids is 2. The van der Waals surface area contributed by atoms with Gasteiger partial charge in [-0.05, 0) is 38.2 Å². The number of nitrogens with one attached hydrogen (secondary N) is 3. The predicted octanol–water partition coefficient (Wildman–Crippen LogP) is 2.82. The molecule has 2 amide bonds. The van der Waals surface area contributed by atoms with Crippen molar-refractivity contribution in [3.8, 4) is 0 Å². The van der Waals surface area contributed by atoms with E-state index in [0.717, 1.165) is 10.9 Å². The molecule has 0 saturated carbocycles. The van der Waals surface area contributed by atoms with Gasteiger partial charge in [-0.2, -0.15) is 18.3 Å². The Hall–Kier alpha value is -3.94. The number of halogens is 4. The summed E-state index contributed by atoms with van der Waals surface area (Å²) in [5, 5.41) is 12.1. The number of aromatic nitrogens is 3. The average molecular weight is 510 g/mol. The van der Waals surface area contributed by atoms with Crippen LogP contribution < -0.4 is 21.5 Å². The minimum atomic E-state index is -5.17. The zero-order valence-corrected chi connectivity index (χ0v) is 19.0. The number of ether oxygens (including phenoxy) is 1. The first kappa shape index (κ1) is 25.2. The number of nitrogens with zero attached hydrogens (tertiary/aromatic N) is 3. The second-order valence-corrected chi connectivity index (χ2v) is 8.43. The highest BCUT2D eigenvalue weighted by atomic mass is 19.4. The van der Waals surface area contributed by atoms with E-state index in [9.17, 15) is 31.9 Å². The Bertz CT molecular complexity index is 1360. The third-order valence-electron chi connectivity index (χ3n) is 5.88. The van der Waals surface area contributed by atoms with Crippen LogP contribution in [0.5, 0.6) is 0 Å². The number of amides is 2. The van der Waals surface area contributed by atoms with E-state index < -0.39 is 35.2 Å². The van der Waals surface area contributed by atoms with Crippen LogP contribution >= 0.6 is 0 Å². The number of esters is 1. The lowest BCUT2D eigenvalue weighted by atomic mass is 9.91. The van der Waals surface area contributed by atoms with Gasteiger partial charge in [0.05, 0.1) is 18.4 Å². The van der Waals surface area contributed by atoms with Crippen LogP contribution in [-0.2, 0) is 16.1 Å². The van der Waals surface area contributed by atoms with E-state index in [-0.39, 0.29) is 41.8 Å². The van der Waals surface area contributed by atoms with E-state index in [1.807, 2.05) is 0 Å². The fourth-order valence-corrected chi connectivity index (χ4v) is 3.97. The van der Waals surface area contributed by atoms with Crippen LogP contribution in [0.15, 0.2) is 41.6 Å². The van der Waals surface area contributed by atoms with Gasteiger partial charge in [-0.15, -0.1) is 0 Å². The van der Waals surface area contributed by atoms with Crippen molar-refractivity contribution in [2.45, 2.75) is 38.1 Å². The van der Waals surface area contributed by atoms with Crippen molar-refractivity contribution in [2.75, 3.05) is 23.7 Å². The summed E-state index contributed by atoms with van der Waals surface area (Å²) in [6, 6.07) is 4.87. The summed E-state index contributed by atoms with van der Waals surface area (Å²) in [4.78, 5) is 37.0. The quantitative estimate of drug-likeness (QED) is 0.359. The molecule has 36 heavy (non-hydrogen) atoms. The molecule has 4 rings (SSSR count). The largest absolute Gasteiger partial charge is 0.490 e. The maximum absolute atomic E-state index is 13.7. The smallest absolute Gasteiger partial charge is 0.450 e. The maximum Gasteiger partial charge on any atom is 0.490 e. The standard InChI is InChI=1S/C22H22F4N6O4/c1-13-15(23)3-2-4-16(13)30-20(35)29-14-9-17-18(33)31(12-28-32(17)10-14)11-21(5-7-27-8-6-21)36-19(34)22(24,25)26/h2-4,9-10,12,27H,5-8,11H2,1H3,(H2,29,30,35). The predicted molar refractivity (Wildman–Crippen MR) is 120 cm³/mol. The number of hydrogen-bond acceptors (Lipinski definition) is 6. The summed E-state index contributed by atoms with van der Waals surface area (Å²) in [6.07, 6.45) is -2.54. The molecular weight excluding hydrogens is 488 g/mol. The number of urea groups is 1. The Labute approximate surface area is 201 Å². The van der Waals surface area contributed by atoms with Crippen molar-refractivity contribution in [1.29, 1.82) is 0 Å². The summed E-state index contributed by atoms with van der Waals surface area (Å²) in [7, 11) is 0. The summed E-state index contributed by atoms with van der Waals surface area (Å²) in [6.45, 7) is 1.78. The van der Waals surface area contributed by atoms with Crippen LogP contribution in [0.3, 0.4) is 0 Å². The van der Waals surface area contributed by atoms with Crippen LogP contribution in [0.1, 0.15) is 18.4 Å². The zero-order chi connectivity index (χ0) is 26.1. The summed E-state index contributed by atoms with van der Waals surface area (Å²) >= 11 is 0. The molecule has 1 aliphatic heterocycles. The monoisotopic (exact) mass is 510 g/mol. The number of piperidine rings is 1. The van der Waals surface area contributed by atoms with Crippen molar-refractivity contribution in [2.24, 2.45) is 0 Å². The topological polar surface area (TPSA) is 119 Å². The van der Waals surface area contributed by atoms with Gasteiger partial charge >= 0.3 is 18.2 Å². The van der Waals surface area contributed by atoms with Crippen molar-refractivity contribution in [3.05, 3.63) is 58.5 Å². The molecule has 0 bridgehead atoms. The number of anilines is 2. The number of rotatable bonds is 5. The molecular formula is C22H22F4N6O4. The van der Waals surface area contributed by atoms with Gasteiger partial charge in [-0.3, -0.25) is 9.36 Å². The molecule has 3 aromatic rings. The van der Waals surface area contributed by atoms with Crippen molar-refractivity contribution >= 4 is 28.9 Å². The number of benzene rings is 1. The molecule has 1 fully saturated rings. The number of carbonyl (C=O) groups is 2. The van der Waals surface area contributed by atoms with Crippen molar-refractivity contribution in [1.82, 2.24) is 19.5 Å². The van der Waals surface area contributed by atoms with Crippen molar-refractivity contribution < 1.29 is 31.9 Å². The molecule has 0 unspecified atom stereocenters. The average Bonchev–Trinajstić information content (AvgIpc) is 3.22. The van der Waals surface area contributed by atoms with E-state index in [4.69, 9.17) is 4.74 Å². The van der Waals surface area contributed by atoms with E-state index in [1.165, 1.54) is 41.9 Å². The second kappa shape index (κ2) is 9.60. The fourth-order valence-electron chi connectivity index (χ4n) is 3.97. The van der Waals surface area contributed by atoms with Gasteiger partial charge in [0.2, 0.25) is 0 Å². The van der Waals surface area contributed by atoms with Gasteiger partial charge in [-0.1, -0.05) is 6.07 Å². The van der Waals surface area contributed by atoms with Gasteiger partial charge < -0.3 is 20.7 Å². The van der Waals surface area contributed by atoms with Gasteiger partial charge in [0.25, 0.3) is 5.56 Å². The van der Waals surface area contributed by atoms with Crippen LogP contribution in [0.2, 0.25) is 0 Å². The Kier molecular flexibility index (Phi) is 6.71. The Morgan fingerprint density at radius 1 is 1.22 bits per heavy atom. The molecule has 1 saturated heterocycles. The molecule has 3 N–H and O–H groups in total. The molecule has 14 heteroatoms. The summed E-state index contributed by atoms with van der Waals surface area (Å²) < 4.78 is 59.4. The minimum absolute atomic E-state index is 0.0287. The summed E-state index contributed by atoms with van der Waals surface area (Å²) in [5.74, 6) is -2.81. The molecule has 1 aromatic carbocycles. The number of fused-ring (bicyclic) bond motifs is 1. The van der Waals surface area contributed by atoms with E-state index in [0.29, 0.717) is 13.1 Å². The maximum atomic E-state index is 13.7. The molecule has 1 aliphatic rings. The lowest BCUT2D eigenvalue weighted by Gasteiger charge is -2.37. The van der Waals surface area contributed by atoms with E-state index >= 15 is 0 Å². The molecule has 192 valence electrons. The highest BCUT2D eigenvalue weighted by Gasteiger charge is 2.47. The molecule has 0 radical (unpaired) electrons. The molecule has 0 atom stereocenters. The lowest BCUT2D eigenvalue weighted by molar-refractivity contribution is -0.217. The molecule has 0 spiro atoms. The van der Waals surface area contributed by atoms with Gasteiger partial charge in [0.15, 0.2) is 0 Å². The van der Waals surface area contributed by atoms with Crippen LogP contribution in [-0.4, -0.2) is 51.0 Å². The first-order valence-corrected chi connectivity index (χ1v) is 10.9. The fraction of sp³-hybridized carbons (Fsp3) is 0.364. The molecule has 10 nitrogen and oxygen atoms in total. The Morgan fingerprint density at radius 3 is 2.64 bits per heavy atom. The summed E-state index contributed by atoms with van der Waals surface area (Å²) in [5.41, 5.74) is -1.42. The normalized spacial score (nSPS) is 15.5. The van der Waals surface area contributed by atoms with Gasteiger partial charge in [0, 0.05) is 24.1 Å². The highest BCUT2D eigenvalue weighted by Crippen LogP contribution is 2.29. The highest BCUT2D eigenvalue weighted by molar-refractivity contribution is 6.00. The lowest BCUT2D eigenvalue weighted by Crippen LogP contribution is -2.51. The first-order valence-electron chi connectivity index (χ1n) is 10.9. The third-order valence-corrected chi connectivity index (χ3v) is 5.88. The van der Waals surface area contributed by atoms with Crippen LogP contribution in [0.25, 0.3) is 5.52 Å². The minimum Gasteiger partial charge on any atom is -0.450 e. The third kappa shape index (κ3) is 5.32. The van der Waals surface area contributed by atoms with Crippen LogP contribution in [0.4, 0.5) is 33.7 Å². The van der Waals surface area contributed by atoms with E-state index in [2.05, 4.69) is 21.0 Å². The van der Waals surface area contributed by atoms with Crippen molar-refractivity contribution in [3.63, 3.8) is 0 Å². The first-order chi connectivity index (χ1) is 17.0. The van der Waals surface area contributed by atoms with Crippen LogP contribution in [0, 0.1) is 12.7 Å². The molecule has 3 heterocycles. The Balaban J connectivity index is 1.55. The van der Waals surface area contributed by atoms with Gasteiger partial charge in [-0.25, -0.2) is 18.5 Å². The van der Waals surface area contributed by atoms with E-state index in [1.54, 1.807) is 0 Å². The SMILES string of the molecule is Cc1c(F)cccc1NC(=O)Nc1cc2c(=O)n(CC3(OC(=O)C(F)(F)F)CCNCC3)cnn2c1. The Morgan fingerprint density at radius 2 is 1.94 bits per heavy atom. The molecule has 0 aliphatic carbocycles. The zero-order valence-electron chi connectivity index (χ0n) is 19.0. The second-order valence-electron chi connectivity index (χ2n) is 8.43. The number of hydrogen-bond donors (Lipinski definition) is 3. The van der Waals surface area contributed by atoms with Gasteiger partial charge in [0.1, 0.15) is 23.3 Å². The number of alkyl halides is 3. The molecule has 2 aromatic heterocycles.